The largest absolute Gasteiger partial charge is 0.462 e. The van der Waals surface area contributed by atoms with Crippen LogP contribution in [0.25, 0.3) is 0 Å². The molecule has 3 rings (SSSR count). The highest BCUT2D eigenvalue weighted by atomic mass is 35.5. The van der Waals surface area contributed by atoms with Gasteiger partial charge in [-0.3, -0.25) is 4.79 Å². The molecule has 0 radical (unpaired) electrons. The molecule has 2 aromatic rings. The van der Waals surface area contributed by atoms with Crippen molar-refractivity contribution in [3.05, 3.63) is 51.8 Å². The maximum absolute atomic E-state index is 13.8. The Morgan fingerprint density at radius 1 is 1.18 bits per heavy atom. The summed E-state index contributed by atoms with van der Waals surface area (Å²) in [5, 5.41) is 3.44. The van der Waals surface area contributed by atoms with Gasteiger partial charge in [-0.25, -0.2) is 13.2 Å². The molecule has 1 atom stereocenters. The summed E-state index contributed by atoms with van der Waals surface area (Å²) in [6, 6.07) is 7.25. The van der Waals surface area contributed by atoms with Crippen molar-refractivity contribution < 1.29 is 22.7 Å². The van der Waals surface area contributed by atoms with Crippen LogP contribution in [0.15, 0.2) is 29.2 Å². The molecular weight excluding hydrogens is 478 g/mol. The summed E-state index contributed by atoms with van der Waals surface area (Å²) < 4.78 is 35.8. The van der Waals surface area contributed by atoms with Crippen molar-refractivity contribution >= 4 is 33.5 Å². The van der Waals surface area contributed by atoms with Gasteiger partial charge in [-0.05, 0) is 52.2 Å². The monoisotopic (exact) mass is 509 g/mol. The number of nitrogens with one attached hydrogen (secondary N) is 1. The van der Waals surface area contributed by atoms with Crippen LogP contribution in [0.3, 0.4) is 0 Å². The fraction of sp³-hybridized carbons (Fsp3) is 0.500. The van der Waals surface area contributed by atoms with Gasteiger partial charge in [-0.2, -0.15) is 4.31 Å². The molecule has 1 aromatic carbocycles. The van der Waals surface area contributed by atoms with E-state index in [1.165, 1.54) is 4.31 Å². The molecule has 0 unspecified atom stereocenters. The van der Waals surface area contributed by atoms with Crippen molar-refractivity contribution in [2.45, 2.75) is 58.5 Å². The SMILES string of the molecule is CCOC(=O)c1c(S(=O)(=O)N2CCC[C@@H](C(=O)NCc3ccccc3Cl)C2)c(C)n(CC)c1C. The topological polar surface area (TPSA) is 97.7 Å². The van der Waals surface area contributed by atoms with E-state index in [1.54, 1.807) is 31.4 Å². The smallest absolute Gasteiger partial charge is 0.341 e. The van der Waals surface area contributed by atoms with Crippen molar-refractivity contribution in [2.75, 3.05) is 19.7 Å². The number of rotatable bonds is 8. The van der Waals surface area contributed by atoms with E-state index >= 15 is 0 Å². The highest BCUT2D eigenvalue weighted by Gasteiger charge is 2.39. The molecule has 1 N–H and O–H groups in total. The third kappa shape index (κ3) is 5.16. The van der Waals surface area contributed by atoms with Gasteiger partial charge in [-0.15, -0.1) is 0 Å². The number of halogens is 1. The zero-order valence-electron chi connectivity index (χ0n) is 20.1. The molecule has 1 amide bonds. The predicted octanol–water partition coefficient (Wildman–Crippen LogP) is 3.67. The second kappa shape index (κ2) is 10.9. The van der Waals surface area contributed by atoms with Crippen molar-refractivity contribution in [3.8, 4) is 0 Å². The maximum atomic E-state index is 13.8. The minimum Gasteiger partial charge on any atom is -0.462 e. The lowest BCUT2D eigenvalue weighted by atomic mass is 9.99. The van der Waals surface area contributed by atoms with Crippen LogP contribution in [0.4, 0.5) is 0 Å². The highest BCUT2D eigenvalue weighted by Crippen LogP contribution is 2.32. The molecule has 0 bridgehead atoms. The average molecular weight is 510 g/mol. The van der Waals surface area contributed by atoms with E-state index in [0.717, 1.165) is 5.56 Å². The average Bonchev–Trinajstić information content (AvgIpc) is 3.08. The summed E-state index contributed by atoms with van der Waals surface area (Å²) in [4.78, 5) is 25.6. The number of piperidine rings is 1. The number of carbonyl (C=O) groups excluding carboxylic acids is 2. The number of esters is 1. The normalized spacial score (nSPS) is 16.9. The standard InChI is InChI=1S/C24H32ClN3O5S/c1-5-28-16(3)21(24(30)33-6-2)22(17(28)4)34(31,32)27-13-9-11-19(15-27)23(29)26-14-18-10-7-8-12-20(18)25/h7-8,10,12,19H,5-6,9,11,13-15H2,1-4H3,(H,26,29)/t19-/m1/s1. The Morgan fingerprint density at radius 2 is 1.88 bits per heavy atom. The molecular formula is C24H32ClN3O5S. The quantitative estimate of drug-likeness (QED) is 0.547. The Bertz CT molecular complexity index is 1180. The molecule has 1 aromatic heterocycles. The number of benzene rings is 1. The lowest BCUT2D eigenvalue weighted by molar-refractivity contribution is -0.126. The predicted molar refractivity (Wildman–Crippen MR) is 130 cm³/mol. The minimum absolute atomic E-state index is 0.0255. The fourth-order valence-electron chi connectivity index (χ4n) is 4.56. The molecule has 10 heteroatoms. The number of aromatic nitrogens is 1. The molecule has 0 saturated carbocycles. The second-order valence-electron chi connectivity index (χ2n) is 8.35. The van der Waals surface area contributed by atoms with Crippen molar-refractivity contribution in [3.63, 3.8) is 0 Å². The minimum atomic E-state index is -4.03. The molecule has 2 heterocycles. The first kappa shape index (κ1) is 26.2. The summed E-state index contributed by atoms with van der Waals surface area (Å²) in [5.74, 6) is -1.36. The van der Waals surface area contributed by atoms with Gasteiger partial charge in [0.25, 0.3) is 0 Å². The van der Waals surface area contributed by atoms with Gasteiger partial charge in [0.2, 0.25) is 15.9 Å². The Labute approximate surface area is 206 Å². The van der Waals surface area contributed by atoms with Gasteiger partial charge >= 0.3 is 5.97 Å². The third-order valence-corrected chi connectivity index (χ3v) is 8.68. The molecule has 34 heavy (non-hydrogen) atoms. The fourth-order valence-corrected chi connectivity index (χ4v) is 6.74. The number of hydrogen-bond acceptors (Lipinski definition) is 5. The Balaban J connectivity index is 1.85. The van der Waals surface area contributed by atoms with Gasteiger partial charge in [0.1, 0.15) is 10.5 Å². The van der Waals surface area contributed by atoms with E-state index in [1.807, 2.05) is 25.1 Å². The molecule has 0 spiro atoms. The van der Waals surface area contributed by atoms with Gasteiger partial charge in [0.15, 0.2) is 0 Å². The zero-order valence-corrected chi connectivity index (χ0v) is 21.6. The molecule has 1 aliphatic heterocycles. The van der Waals surface area contributed by atoms with E-state index in [4.69, 9.17) is 16.3 Å². The molecule has 1 aliphatic rings. The van der Waals surface area contributed by atoms with Gasteiger partial charge in [0, 0.05) is 42.6 Å². The van der Waals surface area contributed by atoms with E-state index in [0.29, 0.717) is 35.8 Å². The molecule has 8 nitrogen and oxygen atoms in total. The Kier molecular flexibility index (Phi) is 8.43. The van der Waals surface area contributed by atoms with Crippen LogP contribution in [0.1, 0.15) is 54.0 Å². The summed E-state index contributed by atoms with van der Waals surface area (Å²) in [5.41, 5.74) is 1.92. The molecule has 1 saturated heterocycles. The van der Waals surface area contributed by atoms with Crippen LogP contribution in [0.5, 0.6) is 0 Å². The third-order valence-electron chi connectivity index (χ3n) is 6.29. The van der Waals surface area contributed by atoms with Gasteiger partial charge in [0.05, 0.1) is 12.5 Å². The van der Waals surface area contributed by atoms with Crippen molar-refractivity contribution in [2.24, 2.45) is 5.92 Å². The lowest BCUT2D eigenvalue weighted by Crippen LogP contribution is -2.45. The zero-order chi connectivity index (χ0) is 25.0. The van der Waals surface area contributed by atoms with E-state index in [-0.39, 0.29) is 42.6 Å². The molecule has 0 aliphatic carbocycles. The van der Waals surface area contributed by atoms with Crippen LogP contribution >= 0.6 is 11.6 Å². The first-order chi connectivity index (χ1) is 16.1. The molecule has 1 fully saturated rings. The van der Waals surface area contributed by atoms with Crippen molar-refractivity contribution in [1.29, 1.82) is 0 Å². The molecule has 186 valence electrons. The number of amides is 1. The van der Waals surface area contributed by atoms with Crippen LogP contribution < -0.4 is 5.32 Å². The number of ether oxygens (including phenoxy) is 1. The summed E-state index contributed by atoms with van der Waals surface area (Å²) in [7, 11) is -4.03. The second-order valence-corrected chi connectivity index (χ2v) is 10.6. The Hall–Kier alpha value is -2.36. The number of nitrogens with zero attached hydrogens (tertiary/aromatic N) is 2. The van der Waals surface area contributed by atoms with E-state index < -0.39 is 21.9 Å². The van der Waals surface area contributed by atoms with Crippen LogP contribution in [-0.4, -0.2) is 48.9 Å². The summed E-state index contributed by atoms with van der Waals surface area (Å²) in [6.45, 7) is 8.27. The first-order valence-corrected chi connectivity index (χ1v) is 13.3. The lowest BCUT2D eigenvalue weighted by Gasteiger charge is -2.31. The van der Waals surface area contributed by atoms with Crippen LogP contribution in [-0.2, 0) is 32.6 Å². The summed E-state index contributed by atoms with van der Waals surface area (Å²) >= 11 is 6.17. The van der Waals surface area contributed by atoms with E-state index in [9.17, 15) is 18.0 Å². The van der Waals surface area contributed by atoms with Gasteiger partial charge in [-0.1, -0.05) is 29.8 Å². The van der Waals surface area contributed by atoms with Crippen LogP contribution in [0.2, 0.25) is 5.02 Å². The van der Waals surface area contributed by atoms with Crippen LogP contribution in [0, 0.1) is 19.8 Å². The van der Waals surface area contributed by atoms with Crippen molar-refractivity contribution in [1.82, 2.24) is 14.2 Å². The first-order valence-electron chi connectivity index (χ1n) is 11.5. The maximum Gasteiger partial charge on any atom is 0.341 e. The van der Waals surface area contributed by atoms with E-state index in [2.05, 4.69) is 5.32 Å². The summed E-state index contributed by atoms with van der Waals surface area (Å²) in [6.07, 6.45) is 1.13. The number of hydrogen-bond donors (Lipinski definition) is 1. The highest BCUT2D eigenvalue weighted by molar-refractivity contribution is 7.89. The Morgan fingerprint density at radius 3 is 2.53 bits per heavy atom. The van der Waals surface area contributed by atoms with Gasteiger partial charge < -0.3 is 14.6 Å². The number of sulfonamides is 1. The number of carbonyl (C=O) groups is 2.